The number of rotatable bonds is 5. The van der Waals surface area contributed by atoms with E-state index in [0.29, 0.717) is 13.0 Å². The van der Waals surface area contributed by atoms with Crippen molar-refractivity contribution in [2.75, 3.05) is 13.7 Å². The first-order valence-corrected chi connectivity index (χ1v) is 8.17. The van der Waals surface area contributed by atoms with E-state index in [0.717, 1.165) is 17.0 Å². The molecule has 2 heterocycles. The maximum atomic E-state index is 12.1. The Morgan fingerprint density at radius 3 is 2.96 bits per heavy atom. The van der Waals surface area contributed by atoms with Crippen LogP contribution in [0, 0.1) is 0 Å². The second-order valence-electron chi connectivity index (χ2n) is 6.30. The van der Waals surface area contributed by atoms with Gasteiger partial charge in [0.2, 0.25) is 5.91 Å². The number of methoxy groups -OCH3 is 1. The van der Waals surface area contributed by atoms with Crippen LogP contribution in [0.2, 0.25) is 0 Å². The highest BCUT2D eigenvalue weighted by Crippen LogP contribution is 2.29. The fourth-order valence-electron chi connectivity index (χ4n) is 2.94. The molecule has 1 fully saturated rings. The van der Waals surface area contributed by atoms with Crippen molar-refractivity contribution in [1.82, 2.24) is 25.6 Å². The fraction of sp³-hybridized carbons (Fsp3) is 0.471. The first-order valence-electron chi connectivity index (χ1n) is 8.17. The molecule has 1 aromatic heterocycles. The largest absolute Gasteiger partial charge is 0.496 e. The first kappa shape index (κ1) is 16.4. The lowest BCUT2D eigenvalue weighted by Gasteiger charge is -2.13. The van der Waals surface area contributed by atoms with E-state index in [1.54, 1.807) is 7.11 Å². The van der Waals surface area contributed by atoms with Gasteiger partial charge in [0, 0.05) is 18.2 Å². The van der Waals surface area contributed by atoms with Gasteiger partial charge in [0.15, 0.2) is 0 Å². The standard InChI is InChI=1S/C17H23N5O2/c1-11(2)19-17(23)14-8-12(9-18-14)22-10-15(20-21-22)13-6-4-5-7-16(13)24-3/h4-7,10-12,14,18H,8-9H2,1-3H3,(H,19,23)/t12-,14+/m1/s1. The highest BCUT2D eigenvalue weighted by Gasteiger charge is 2.31. The van der Waals surface area contributed by atoms with Crippen molar-refractivity contribution in [3.8, 4) is 17.0 Å². The second-order valence-corrected chi connectivity index (χ2v) is 6.30. The van der Waals surface area contributed by atoms with Gasteiger partial charge in [0.05, 0.1) is 25.4 Å². The van der Waals surface area contributed by atoms with Crippen LogP contribution in [-0.2, 0) is 4.79 Å². The molecule has 0 radical (unpaired) electrons. The number of benzene rings is 1. The van der Waals surface area contributed by atoms with Crippen molar-refractivity contribution in [3.63, 3.8) is 0 Å². The first-order chi connectivity index (χ1) is 11.6. The Kier molecular flexibility index (Phi) is 4.80. The number of para-hydroxylation sites is 1. The number of ether oxygens (including phenoxy) is 1. The molecule has 3 rings (SSSR count). The highest BCUT2D eigenvalue weighted by atomic mass is 16.5. The van der Waals surface area contributed by atoms with Gasteiger partial charge in [-0.2, -0.15) is 0 Å². The third-order valence-electron chi connectivity index (χ3n) is 4.12. The summed E-state index contributed by atoms with van der Waals surface area (Å²) in [6.07, 6.45) is 2.61. The third-order valence-corrected chi connectivity index (χ3v) is 4.12. The van der Waals surface area contributed by atoms with Crippen molar-refractivity contribution in [2.45, 2.75) is 38.4 Å². The number of aromatic nitrogens is 3. The molecule has 24 heavy (non-hydrogen) atoms. The third kappa shape index (κ3) is 3.41. The van der Waals surface area contributed by atoms with Crippen molar-refractivity contribution in [3.05, 3.63) is 30.5 Å². The topological polar surface area (TPSA) is 81.1 Å². The minimum atomic E-state index is -0.184. The predicted molar refractivity (Wildman–Crippen MR) is 90.7 cm³/mol. The molecule has 0 spiro atoms. The lowest BCUT2D eigenvalue weighted by Crippen LogP contribution is -2.43. The van der Waals surface area contributed by atoms with Crippen LogP contribution in [0.5, 0.6) is 5.75 Å². The summed E-state index contributed by atoms with van der Waals surface area (Å²) in [4.78, 5) is 12.1. The quantitative estimate of drug-likeness (QED) is 0.866. The molecule has 7 nitrogen and oxygen atoms in total. The Balaban J connectivity index is 1.72. The van der Waals surface area contributed by atoms with Crippen LogP contribution in [0.15, 0.2) is 30.5 Å². The summed E-state index contributed by atoms with van der Waals surface area (Å²) in [5.74, 6) is 0.806. The SMILES string of the molecule is COc1ccccc1-c1cn([C@H]2CN[C@H](C(=O)NC(C)C)C2)nn1. The van der Waals surface area contributed by atoms with Gasteiger partial charge in [-0.15, -0.1) is 5.10 Å². The number of nitrogens with zero attached hydrogens (tertiary/aromatic N) is 3. The van der Waals surface area contributed by atoms with Crippen molar-refractivity contribution >= 4 is 5.91 Å². The summed E-state index contributed by atoms with van der Waals surface area (Å²) in [6, 6.07) is 7.80. The molecule has 128 valence electrons. The molecule has 0 bridgehead atoms. The van der Waals surface area contributed by atoms with Crippen LogP contribution in [0.4, 0.5) is 0 Å². The summed E-state index contributed by atoms with van der Waals surface area (Å²) in [5, 5.41) is 14.7. The average Bonchev–Trinajstić information content (AvgIpc) is 3.23. The summed E-state index contributed by atoms with van der Waals surface area (Å²) in [6.45, 7) is 4.62. The zero-order chi connectivity index (χ0) is 17.1. The Bertz CT molecular complexity index is 713. The summed E-state index contributed by atoms with van der Waals surface area (Å²) < 4.78 is 7.21. The van der Waals surface area contributed by atoms with E-state index >= 15 is 0 Å². The van der Waals surface area contributed by atoms with E-state index in [1.165, 1.54) is 0 Å². The monoisotopic (exact) mass is 329 g/mol. The van der Waals surface area contributed by atoms with E-state index in [4.69, 9.17) is 4.74 Å². The van der Waals surface area contributed by atoms with E-state index in [-0.39, 0.29) is 24.0 Å². The summed E-state index contributed by atoms with van der Waals surface area (Å²) in [5.41, 5.74) is 1.67. The fourth-order valence-corrected chi connectivity index (χ4v) is 2.94. The molecule has 2 atom stereocenters. The maximum absolute atomic E-state index is 12.1. The summed E-state index contributed by atoms with van der Waals surface area (Å²) >= 11 is 0. The highest BCUT2D eigenvalue weighted by molar-refractivity contribution is 5.82. The van der Waals surface area contributed by atoms with Crippen LogP contribution in [0.3, 0.4) is 0 Å². The lowest BCUT2D eigenvalue weighted by molar-refractivity contribution is -0.123. The predicted octanol–water partition coefficient (Wildman–Crippen LogP) is 1.38. The zero-order valence-electron chi connectivity index (χ0n) is 14.2. The molecule has 1 aliphatic rings. The molecule has 1 amide bonds. The number of carbonyl (C=O) groups is 1. The molecule has 7 heteroatoms. The Morgan fingerprint density at radius 2 is 2.21 bits per heavy atom. The Morgan fingerprint density at radius 1 is 1.42 bits per heavy atom. The number of amides is 1. The molecule has 2 N–H and O–H groups in total. The van der Waals surface area contributed by atoms with Crippen LogP contribution >= 0.6 is 0 Å². The van der Waals surface area contributed by atoms with Gasteiger partial charge < -0.3 is 15.4 Å². The van der Waals surface area contributed by atoms with Gasteiger partial charge in [-0.05, 0) is 32.4 Å². The second kappa shape index (κ2) is 7.00. The number of hydrogen-bond acceptors (Lipinski definition) is 5. The average molecular weight is 329 g/mol. The molecule has 2 aromatic rings. The van der Waals surface area contributed by atoms with Gasteiger partial charge in [-0.3, -0.25) is 4.79 Å². The van der Waals surface area contributed by atoms with Crippen LogP contribution in [0.1, 0.15) is 26.3 Å². The number of hydrogen-bond donors (Lipinski definition) is 2. The van der Waals surface area contributed by atoms with E-state index in [2.05, 4.69) is 20.9 Å². The van der Waals surface area contributed by atoms with Crippen LogP contribution in [-0.4, -0.2) is 46.6 Å². The van der Waals surface area contributed by atoms with Gasteiger partial charge in [0.1, 0.15) is 11.4 Å². The van der Waals surface area contributed by atoms with Crippen LogP contribution in [0.25, 0.3) is 11.3 Å². The molecule has 1 saturated heterocycles. The molecular weight excluding hydrogens is 306 g/mol. The van der Waals surface area contributed by atoms with Gasteiger partial charge >= 0.3 is 0 Å². The normalized spacial score (nSPS) is 20.3. The number of nitrogens with one attached hydrogen (secondary N) is 2. The zero-order valence-corrected chi connectivity index (χ0v) is 14.2. The molecule has 0 unspecified atom stereocenters. The number of carbonyl (C=O) groups excluding carboxylic acids is 1. The van der Waals surface area contributed by atoms with Gasteiger partial charge in [0.25, 0.3) is 0 Å². The summed E-state index contributed by atoms with van der Waals surface area (Å²) in [7, 11) is 1.64. The van der Waals surface area contributed by atoms with Gasteiger partial charge in [-0.1, -0.05) is 17.3 Å². The lowest BCUT2D eigenvalue weighted by atomic mass is 10.1. The maximum Gasteiger partial charge on any atom is 0.237 e. The molecule has 0 saturated carbocycles. The Labute approximate surface area is 141 Å². The minimum absolute atomic E-state index is 0.0394. The van der Waals surface area contributed by atoms with Crippen molar-refractivity contribution in [1.29, 1.82) is 0 Å². The van der Waals surface area contributed by atoms with Crippen molar-refractivity contribution in [2.24, 2.45) is 0 Å². The molecular formula is C17H23N5O2. The molecule has 0 aliphatic carbocycles. The van der Waals surface area contributed by atoms with Crippen molar-refractivity contribution < 1.29 is 9.53 Å². The van der Waals surface area contributed by atoms with Gasteiger partial charge in [-0.25, -0.2) is 4.68 Å². The Hall–Kier alpha value is -2.41. The molecule has 1 aliphatic heterocycles. The molecule has 1 aromatic carbocycles. The van der Waals surface area contributed by atoms with E-state index < -0.39 is 0 Å². The minimum Gasteiger partial charge on any atom is -0.496 e. The van der Waals surface area contributed by atoms with E-state index in [1.807, 2.05) is 49.0 Å². The van der Waals surface area contributed by atoms with E-state index in [9.17, 15) is 4.79 Å². The van der Waals surface area contributed by atoms with Crippen LogP contribution < -0.4 is 15.4 Å². The smallest absolute Gasteiger partial charge is 0.237 e.